The van der Waals surface area contributed by atoms with Crippen molar-refractivity contribution in [1.82, 2.24) is 9.97 Å². The van der Waals surface area contributed by atoms with Crippen LogP contribution in [-0.2, 0) is 0 Å². The van der Waals surface area contributed by atoms with Crippen molar-refractivity contribution < 1.29 is 0 Å². The van der Waals surface area contributed by atoms with Gasteiger partial charge in [-0.25, -0.2) is 4.98 Å². The predicted octanol–water partition coefficient (Wildman–Crippen LogP) is 3.80. The van der Waals surface area contributed by atoms with Crippen molar-refractivity contribution in [2.45, 2.75) is 19.9 Å². The Bertz CT molecular complexity index is 501. The standard InChI is InChI=1S/C12H15ClN4S/c1-3-14-12-15-6-10(13)11(17-12)16-8(2)9-4-5-18-7-9/h4-8H,3H2,1-2H3,(H2,14,15,16,17). The Morgan fingerprint density at radius 1 is 1.50 bits per heavy atom. The van der Waals surface area contributed by atoms with Crippen molar-refractivity contribution in [3.05, 3.63) is 33.6 Å². The first-order valence-corrected chi connectivity index (χ1v) is 7.07. The van der Waals surface area contributed by atoms with E-state index in [1.165, 1.54) is 5.56 Å². The van der Waals surface area contributed by atoms with Gasteiger partial charge in [0.2, 0.25) is 5.95 Å². The minimum Gasteiger partial charge on any atom is -0.362 e. The van der Waals surface area contributed by atoms with Crippen LogP contribution in [0.1, 0.15) is 25.5 Å². The molecule has 0 fully saturated rings. The number of hydrogen-bond acceptors (Lipinski definition) is 5. The Morgan fingerprint density at radius 2 is 2.33 bits per heavy atom. The highest BCUT2D eigenvalue weighted by atomic mass is 35.5. The van der Waals surface area contributed by atoms with Crippen LogP contribution in [0.25, 0.3) is 0 Å². The number of anilines is 2. The number of aromatic nitrogens is 2. The van der Waals surface area contributed by atoms with E-state index in [9.17, 15) is 0 Å². The molecule has 0 aliphatic rings. The molecule has 0 amide bonds. The van der Waals surface area contributed by atoms with E-state index in [2.05, 4.69) is 44.4 Å². The number of halogens is 1. The summed E-state index contributed by atoms with van der Waals surface area (Å²) in [6.45, 7) is 4.85. The van der Waals surface area contributed by atoms with Crippen LogP contribution in [0.2, 0.25) is 5.02 Å². The zero-order valence-corrected chi connectivity index (χ0v) is 11.8. The Labute approximate surface area is 115 Å². The minimum absolute atomic E-state index is 0.165. The summed E-state index contributed by atoms with van der Waals surface area (Å²) < 4.78 is 0. The zero-order valence-electron chi connectivity index (χ0n) is 10.3. The van der Waals surface area contributed by atoms with Gasteiger partial charge < -0.3 is 10.6 Å². The van der Waals surface area contributed by atoms with Crippen molar-refractivity contribution in [3.8, 4) is 0 Å². The van der Waals surface area contributed by atoms with E-state index in [1.807, 2.05) is 6.92 Å². The van der Waals surface area contributed by atoms with Crippen LogP contribution < -0.4 is 10.6 Å². The average Bonchev–Trinajstić information content (AvgIpc) is 2.87. The molecule has 0 aliphatic carbocycles. The third kappa shape index (κ3) is 3.11. The van der Waals surface area contributed by atoms with Gasteiger partial charge in [0.05, 0.1) is 12.2 Å². The molecule has 0 aliphatic heterocycles. The number of thiophene rings is 1. The average molecular weight is 283 g/mol. The molecule has 0 saturated carbocycles. The molecule has 6 heteroatoms. The molecule has 0 saturated heterocycles. The smallest absolute Gasteiger partial charge is 0.224 e. The van der Waals surface area contributed by atoms with Gasteiger partial charge in [-0.05, 0) is 36.2 Å². The van der Waals surface area contributed by atoms with Crippen molar-refractivity contribution in [1.29, 1.82) is 0 Å². The molecular formula is C12H15ClN4S. The molecule has 0 bridgehead atoms. The molecule has 2 aromatic rings. The van der Waals surface area contributed by atoms with Crippen LogP contribution in [-0.4, -0.2) is 16.5 Å². The molecule has 2 N–H and O–H groups in total. The highest BCUT2D eigenvalue weighted by Crippen LogP contribution is 2.25. The summed E-state index contributed by atoms with van der Waals surface area (Å²) in [5, 5.41) is 11.0. The van der Waals surface area contributed by atoms with Gasteiger partial charge in [-0.2, -0.15) is 16.3 Å². The summed E-state index contributed by atoms with van der Waals surface area (Å²) >= 11 is 7.77. The Kier molecular flexibility index (Phi) is 4.38. The van der Waals surface area contributed by atoms with E-state index in [1.54, 1.807) is 17.5 Å². The maximum Gasteiger partial charge on any atom is 0.224 e. The van der Waals surface area contributed by atoms with E-state index in [4.69, 9.17) is 11.6 Å². The van der Waals surface area contributed by atoms with Crippen molar-refractivity contribution in [2.24, 2.45) is 0 Å². The highest BCUT2D eigenvalue weighted by molar-refractivity contribution is 7.07. The lowest BCUT2D eigenvalue weighted by atomic mass is 10.2. The van der Waals surface area contributed by atoms with Gasteiger partial charge in [0.1, 0.15) is 5.02 Å². The van der Waals surface area contributed by atoms with E-state index < -0.39 is 0 Å². The fourth-order valence-electron chi connectivity index (χ4n) is 1.52. The number of hydrogen-bond donors (Lipinski definition) is 2. The van der Waals surface area contributed by atoms with Gasteiger partial charge in [0, 0.05) is 6.54 Å². The fraction of sp³-hybridized carbons (Fsp3) is 0.333. The molecule has 2 heterocycles. The molecule has 2 rings (SSSR count). The van der Waals surface area contributed by atoms with Gasteiger partial charge in [0.15, 0.2) is 5.82 Å². The maximum absolute atomic E-state index is 6.09. The minimum atomic E-state index is 0.165. The first kappa shape index (κ1) is 13.1. The number of nitrogens with zero attached hydrogens (tertiary/aromatic N) is 2. The lowest BCUT2D eigenvalue weighted by Crippen LogP contribution is -2.10. The van der Waals surface area contributed by atoms with Crippen LogP contribution in [0.5, 0.6) is 0 Å². The Hall–Kier alpha value is -1.33. The summed E-state index contributed by atoms with van der Waals surface area (Å²) in [6.07, 6.45) is 1.61. The molecule has 1 unspecified atom stereocenters. The third-order valence-corrected chi connectivity index (χ3v) is 3.45. The topological polar surface area (TPSA) is 49.8 Å². The van der Waals surface area contributed by atoms with E-state index in [0.29, 0.717) is 16.8 Å². The quantitative estimate of drug-likeness (QED) is 0.876. The van der Waals surface area contributed by atoms with Crippen molar-refractivity contribution >= 4 is 34.7 Å². The fourth-order valence-corrected chi connectivity index (χ4v) is 2.42. The summed E-state index contributed by atoms with van der Waals surface area (Å²) in [5.41, 5.74) is 1.22. The van der Waals surface area contributed by atoms with Gasteiger partial charge in [-0.1, -0.05) is 11.6 Å². The molecule has 96 valence electrons. The van der Waals surface area contributed by atoms with Gasteiger partial charge in [-0.3, -0.25) is 0 Å². The third-order valence-electron chi connectivity index (χ3n) is 2.48. The molecule has 0 spiro atoms. The van der Waals surface area contributed by atoms with Crippen LogP contribution in [0.3, 0.4) is 0 Å². The van der Waals surface area contributed by atoms with Gasteiger partial charge >= 0.3 is 0 Å². The van der Waals surface area contributed by atoms with Crippen molar-refractivity contribution in [2.75, 3.05) is 17.2 Å². The lowest BCUT2D eigenvalue weighted by molar-refractivity contribution is 0.877. The second-order valence-corrected chi connectivity index (χ2v) is 5.03. The molecular weight excluding hydrogens is 268 g/mol. The van der Waals surface area contributed by atoms with Crippen LogP contribution in [0.4, 0.5) is 11.8 Å². The van der Waals surface area contributed by atoms with Gasteiger partial charge in [-0.15, -0.1) is 0 Å². The summed E-state index contributed by atoms with van der Waals surface area (Å²) in [7, 11) is 0. The number of nitrogens with one attached hydrogen (secondary N) is 2. The molecule has 0 radical (unpaired) electrons. The first-order chi connectivity index (χ1) is 8.70. The zero-order chi connectivity index (χ0) is 13.0. The van der Waals surface area contributed by atoms with Crippen molar-refractivity contribution in [3.63, 3.8) is 0 Å². The Morgan fingerprint density at radius 3 is 3.00 bits per heavy atom. The summed E-state index contributed by atoms with van der Waals surface area (Å²) in [4.78, 5) is 8.46. The van der Waals surface area contributed by atoms with E-state index >= 15 is 0 Å². The highest BCUT2D eigenvalue weighted by Gasteiger charge is 2.10. The predicted molar refractivity (Wildman–Crippen MR) is 77.6 cm³/mol. The SMILES string of the molecule is CCNc1ncc(Cl)c(NC(C)c2ccsc2)n1. The van der Waals surface area contributed by atoms with E-state index in [-0.39, 0.29) is 6.04 Å². The normalized spacial score (nSPS) is 12.2. The number of rotatable bonds is 5. The largest absolute Gasteiger partial charge is 0.362 e. The molecule has 2 aromatic heterocycles. The molecule has 0 aromatic carbocycles. The summed E-state index contributed by atoms with van der Waals surface area (Å²) in [5.74, 6) is 1.24. The van der Waals surface area contributed by atoms with Crippen LogP contribution >= 0.6 is 22.9 Å². The van der Waals surface area contributed by atoms with Gasteiger partial charge in [0.25, 0.3) is 0 Å². The monoisotopic (exact) mass is 282 g/mol. The maximum atomic E-state index is 6.09. The lowest BCUT2D eigenvalue weighted by Gasteiger charge is -2.15. The molecule has 1 atom stereocenters. The van der Waals surface area contributed by atoms with Crippen LogP contribution in [0.15, 0.2) is 23.0 Å². The molecule has 4 nitrogen and oxygen atoms in total. The first-order valence-electron chi connectivity index (χ1n) is 5.75. The summed E-state index contributed by atoms with van der Waals surface area (Å²) in [6, 6.07) is 2.25. The van der Waals surface area contributed by atoms with Crippen LogP contribution in [0, 0.1) is 0 Å². The van der Waals surface area contributed by atoms with E-state index in [0.717, 1.165) is 6.54 Å². The molecule has 18 heavy (non-hydrogen) atoms. The Balaban J connectivity index is 2.15. The second-order valence-electron chi connectivity index (χ2n) is 3.84. The second kappa shape index (κ2) is 6.02.